The van der Waals surface area contributed by atoms with Gasteiger partial charge in [0.05, 0.1) is 31.4 Å². The lowest BCUT2D eigenvalue weighted by atomic mass is 9.99. The average Bonchev–Trinajstić information content (AvgIpc) is 3.25. The predicted molar refractivity (Wildman–Crippen MR) is 126 cm³/mol. The van der Waals surface area contributed by atoms with Gasteiger partial charge in [0.25, 0.3) is 5.91 Å². The van der Waals surface area contributed by atoms with Gasteiger partial charge in [0.2, 0.25) is 0 Å². The van der Waals surface area contributed by atoms with Crippen LogP contribution in [0.4, 0.5) is 0 Å². The molecule has 1 aromatic heterocycles. The summed E-state index contributed by atoms with van der Waals surface area (Å²) in [6.45, 7) is 0.365. The van der Waals surface area contributed by atoms with Crippen LogP contribution in [-0.2, 0) is 6.42 Å². The van der Waals surface area contributed by atoms with Gasteiger partial charge in [-0.3, -0.25) is 4.79 Å². The fraction of sp³-hybridized carbons (Fsp3) is 0.250. The summed E-state index contributed by atoms with van der Waals surface area (Å²) in [4.78, 5) is 16.9. The third-order valence-electron chi connectivity index (χ3n) is 5.27. The van der Waals surface area contributed by atoms with E-state index >= 15 is 0 Å². The van der Waals surface area contributed by atoms with Gasteiger partial charge in [0, 0.05) is 23.7 Å². The number of carbonyl (C=O) groups excluding carboxylic acids is 1. The van der Waals surface area contributed by atoms with Crippen molar-refractivity contribution in [2.24, 2.45) is 0 Å². The van der Waals surface area contributed by atoms with Crippen LogP contribution < -0.4 is 19.5 Å². The van der Waals surface area contributed by atoms with Crippen LogP contribution in [0.1, 0.15) is 15.9 Å². The van der Waals surface area contributed by atoms with E-state index in [-0.39, 0.29) is 12.0 Å². The van der Waals surface area contributed by atoms with Crippen molar-refractivity contribution < 1.29 is 19.0 Å². The van der Waals surface area contributed by atoms with E-state index in [0.29, 0.717) is 34.3 Å². The number of pyridine rings is 1. The quantitative estimate of drug-likeness (QED) is 0.496. The molecule has 2 heterocycles. The van der Waals surface area contributed by atoms with Crippen molar-refractivity contribution in [2.45, 2.75) is 17.6 Å². The highest BCUT2D eigenvalue weighted by Crippen LogP contribution is 2.42. The molecule has 0 saturated carbocycles. The second-order valence-electron chi connectivity index (χ2n) is 7.23. The molecule has 4 rings (SSSR count). The number of carbonyl (C=O) groups is 1. The van der Waals surface area contributed by atoms with E-state index in [9.17, 15) is 4.79 Å². The molecule has 2 aromatic carbocycles. The standard InChI is InChI=1S/C24H23ClN2O4S/c1-29-16-6-7-21(30-2)19(12-16)14-9-15-10-17(31-22(15)20(25)11-14)13-27-23(28)18-5-4-8-26-24(18)32-3/h4-9,11-12,17H,10,13H2,1-3H3,(H,27,28)/t17-/m0/s1. The molecule has 6 nitrogen and oxygen atoms in total. The van der Waals surface area contributed by atoms with Gasteiger partial charge in [0.15, 0.2) is 0 Å². The highest BCUT2D eigenvalue weighted by Gasteiger charge is 2.27. The van der Waals surface area contributed by atoms with Crippen LogP contribution in [0.3, 0.4) is 0 Å². The molecule has 166 valence electrons. The van der Waals surface area contributed by atoms with Crippen LogP contribution in [0.15, 0.2) is 53.7 Å². The summed E-state index contributed by atoms with van der Waals surface area (Å²) in [6, 6.07) is 13.1. The van der Waals surface area contributed by atoms with Crippen LogP contribution in [0.25, 0.3) is 11.1 Å². The van der Waals surface area contributed by atoms with Crippen LogP contribution in [-0.4, -0.2) is 44.0 Å². The molecule has 0 bridgehead atoms. The number of ether oxygens (including phenoxy) is 3. The summed E-state index contributed by atoms with van der Waals surface area (Å²) in [5, 5.41) is 4.17. The lowest BCUT2D eigenvalue weighted by Crippen LogP contribution is -2.34. The zero-order valence-corrected chi connectivity index (χ0v) is 19.5. The number of rotatable bonds is 7. The Kier molecular flexibility index (Phi) is 6.77. The van der Waals surface area contributed by atoms with E-state index in [1.165, 1.54) is 11.8 Å². The molecule has 0 saturated heterocycles. The Morgan fingerprint density at radius 2 is 2.09 bits per heavy atom. The molecule has 1 amide bonds. The molecule has 0 fully saturated rings. The Hall–Kier alpha value is -2.90. The molecule has 0 aliphatic carbocycles. The molecule has 3 aromatic rings. The molecule has 0 radical (unpaired) electrons. The zero-order valence-electron chi connectivity index (χ0n) is 18.0. The summed E-state index contributed by atoms with van der Waals surface area (Å²) >= 11 is 8.00. The molecule has 8 heteroatoms. The number of nitrogens with one attached hydrogen (secondary N) is 1. The first-order valence-corrected chi connectivity index (χ1v) is 11.6. The Morgan fingerprint density at radius 1 is 1.25 bits per heavy atom. The Balaban J connectivity index is 1.51. The second kappa shape index (κ2) is 9.71. The number of methoxy groups -OCH3 is 2. The van der Waals surface area contributed by atoms with Gasteiger partial charge in [-0.05, 0) is 54.3 Å². The minimum absolute atomic E-state index is 0.171. The Bertz CT molecular complexity index is 1150. The first-order valence-electron chi connectivity index (χ1n) is 10.0. The lowest BCUT2D eigenvalue weighted by molar-refractivity contribution is 0.0930. The smallest absolute Gasteiger partial charge is 0.254 e. The number of benzene rings is 2. The summed E-state index contributed by atoms with van der Waals surface area (Å²) in [6.07, 6.45) is 4.00. The van der Waals surface area contributed by atoms with E-state index in [4.69, 9.17) is 25.8 Å². The number of amides is 1. The number of hydrogen-bond acceptors (Lipinski definition) is 6. The normalized spacial score (nSPS) is 14.4. The van der Waals surface area contributed by atoms with Gasteiger partial charge < -0.3 is 19.5 Å². The van der Waals surface area contributed by atoms with Crippen molar-refractivity contribution in [1.82, 2.24) is 10.3 Å². The van der Waals surface area contributed by atoms with Gasteiger partial charge in [-0.1, -0.05) is 11.6 Å². The summed E-state index contributed by atoms with van der Waals surface area (Å²) in [5.74, 6) is 1.94. The lowest BCUT2D eigenvalue weighted by Gasteiger charge is -2.13. The third kappa shape index (κ3) is 4.49. The van der Waals surface area contributed by atoms with Crippen LogP contribution in [0.2, 0.25) is 5.02 Å². The van der Waals surface area contributed by atoms with E-state index in [0.717, 1.165) is 28.2 Å². The topological polar surface area (TPSA) is 69.7 Å². The van der Waals surface area contributed by atoms with Crippen LogP contribution in [0.5, 0.6) is 17.2 Å². The summed E-state index contributed by atoms with van der Waals surface area (Å²) in [7, 11) is 3.26. The maximum Gasteiger partial charge on any atom is 0.254 e. The molecule has 1 atom stereocenters. The van der Waals surface area contributed by atoms with Crippen molar-refractivity contribution >= 4 is 29.3 Å². The maximum atomic E-state index is 12.6. The summed E-state index contributed by atoms with van der Waals surface area (Å²) in [5.41, 5.74) is 3.34. The predicted octanol–water partition coefficient (Wildman–Crippen LogP) is 4.87. The van der Waals surface area contributed by atoms with Crippen molar-refractivity contribution in [2.75, 3.05) is 27.0 Å². The molecule has 1 aliphatic heterocycles. The number of fused-ring (bicyclic) bond motifs is 1. The highest BCUT2D eigenvalue weighted by molar-refractivity contribution is 7.98. The Labute approximate surface area is 196 Å². The van der Waals surface area contributed by atoms with Crippen LogP contribution in [0, 0.1) is 0 Å². The van der Waals surface area contributed by atoms with Gasteiger partial charge in [-0.2, -0.15) is 0 Å². The number of aromatic nitrogens is 1. The SMILES string of the molecule is COc1ccc(OC)c(-c2cc(Cl)c3c(c2)C[C@@H](CNC(=O)c2cccnc2SC)O3)c1. The van der Waals surface area contributed by atoms with Gasteiger partial charge in [-0.25, -0.2) is 4.98 Å². The number of thioether (sulfide) groups is 1. The number of nitrogens with zero attached hydrogens (tertiary/aromatic N) is 1. The first kappa shape index (κ1) is 22.3. The molecule has 1 N–H and O–H groups in total. The van der Waals surface area contributed by atoms with Gasteiger partial charge in [-0.15, -0.1) is 11.8 Å². The monoisotopic (exact) mass is 470 g/mol. The molecular formula is C24H23ClN2O4S. The van der Waals surface area contributed by atoms with E-state index in [2.05, 4.69) is 10.3 Å². The van der Waals surface area contributed by atoms with Crippen LogP contribution >= 0.6 is 23.4 Å². The fourth-order valence-corrected chi connectivity index (χ4v) is 4.56. The van der Waals surface area contributed by atoms with Crippen molar-refractivity contribution in [1.29, 1.82) is 0 Å². The zero-order chi connectivity index (χ0) is 22.7. The molecule has 32 heavy (non-hydrogen) atoms. The summed E-state index contributed by atoms with van der Waals surface area (Å²) < 4.78 is 16.9. The van der Waals surface area contributed by atoms with Gasteiger partial charge >= 0.3 is 0 Å². The molecular weight excluding hydrogens is 448 g/mol. The third-order valence-corrected chi connectivity index (χ3v) is 6.26. The number of hydrogen-bond donors (Lipinski definition) is 1. The average molecular weight is 471 g/mol. The minimum atomic E-state index is -0.205. The maximum absolute atomic E-state index is 12.6. The first-order chi connectivity index (χ1) is 15.5. The van der Waals surface area contributed by atoms with Crippen molar-refractivity contribution in [3.8, 4) is 28.4 Å². The number of halogens is 1. The highest BCUT2D eigenvalue weighted by atomic mass is 35.5. The molecule has 0 spiro atoms. The van der Waals surface area contributed by atoms with E-state index in [1.807, 2.05) is 36.6 Å². The van der Waals surface area contributed by atoms with E-state index in [1.54, 1.807) is 32.5 Å². The molecule has 1 aliphatic rings. The van der Waals surface area contributed by atoms with Crippen molar-refractivity contribution in [3.05, 3.63) is 64.8 Å². The van der Waals surface area contributed by atoms with Gasteiger partial charge in [0.1, 0.15) is 28.4 Å². The largest absolute Gasteiger partial charge is 0.497 e. The Morgan fingerprint density at radius 3 is 2.84 bits per heavy atom. The van der Waals surface area contributed by atoms with Crippen molar-refractivity contribution in [3.63, 3.8) is 0 Å². The van der Waals surface area contributed by atoms with E-state index < -0.39 is 0 Å². The minimum Gasteiger partial charge on any atom is -0.497 e. The molecule has 0 unspecified atom stereocenters. The fourth-order valence-electron chi connectivity index (χ4n) is 3.72. The second-order valence-corrected chi connectivity index (χ2v) is 8.43.